The number of aromatic nitrogens is 2. The van der Waals surface area contributed by atoms with Crippen molar-refractivity contribution in [2.24, 2.45) is 0 Å². The molecule has 0 bridgehead atoms. The lowest BCUT2D eigenvalue weighted by atomic mass is 10.2. The molecular formula is C16H15N3O5S. The minimum atomic E-state index is -0.528. The molecule has 2 amide bonds. The summed E-state index contributed by atoms with van der Waals surface area (Å²) >= 11 is 0.946. The summed E-state index contributed by atoms with van der Waals surface area (Å²) in [7, 11) is 1.24. The van der Waals surface area contributed by atoms with Gasteiger partial charge in [0.05, 0.1) is 25.0 Å². The summed E-state index contributed by atoms with van der Waals surface area (Å²) < 4.78 is 4.52. The molecule has 0 saturated heterocycles. The third-order valence-corrected chi connectivity index (χ3v) is 3.83. The van der Waals surface area contributed by atoms with Crippen molar-refractivity contribution >= 4 is 29.5 Å². The number of nitrogens with one attached hydrogen (secondary N) is 2. The van der Waals surface area contributed by atoms with E-state index in [9.17, 15) is 19.2 Å². The molecule has 0 unspecified atom stereocenters. The maximum Gasteiger partial charge on any atom is 0.311 e. The maximum atomic E-state index is 11.9. The Bertz CT molecular complexity index is 835. The molecule has 9 heteroatoms. The lowest BCUT2D eigenvalue weighted by Crippen LogP contribution is -2.31. The zero-order valence-electron chi connectivity index (χ0n) is 13.3. The molecule has 0 atom stereocenters. The second-order valence-corrected chi connectivity index (χ2v) is 5.79. The normalized spacial score (nSPS) is 10.1. The molecule has 130 valence electrons. The molecule has 0 aliphatic carbocycles. The van der Waals surface area contributed by atoms with Crippen LogP contribution in [-0.2, 0) is 20.7 Å². The van der Waals surface area contributed by atoms with Gasteiger partial charge in [-0.3, -0.25) is 24.5 Å². The minimum Gasteiger partial charge on any atom is -0.469 e. The van der Waals surface area contributed by atoms with Crippen LogP contribution in [0.3, 0.4) is 0 Å². The summed E-state index contributed by atoms with van der Waals surface area (Å²) in [6, 6.07) is 9.50. The number of esters is 1. The van der Waals surface area contributed by atoms with Gasteiger partial charge in [0, 0.05) is 11.6 Å². The predicted octanol–water partition coefficient (Wildman–Crippen LogP) is 0.534. The van der Waals surface area contributed by atoms with Gasteiger partial charge in [-0.25, -0.2) is 4.98 Å². The van der Waals surface area contributed by atoms with Crippen LogP contribution in [0, 0.1) is 0 Å². The summed E-state index contributed by atoms with van der Waals surface area (Å²) in [5.41, 5.74) is 0.156. The molecule has 2 aromatic rings. The third-order valence-electron chi connectivity index (χ3n) is 2.96. The van der Waals surface area contributed by atoms with Gasteiger partial charge < -0.3 is 9.72 Å². The molecule has 25 heavy (non-hydrogen) atoms. The molecule has 0 aliphatic rings. The molecular weight excluding hydrogens is 346 g/mol. The third kappa shape index (κ3) is 5.88. The molecule has 1 aromatic heterocycles. The van der Waals surface area contributed by atoms with Gasteiger partial charge in [0.1, 0.15) is 0 Å². The highest BCUT2D eigenvalue weighted by Gasteiger charge is 2.12. The molecule has 0 fully saturated rings. The second kappa shape index (κ2) is 8.78. The van der Waals surface area contributed by atoms with Crippen molar-refractivity contribution < 1.29 is 19.1 Å². The van der Waals surface area contributed by atoms with Crippen LogP contribution in [-0.4, -0.2) is 40.6 Å². The van der Waals surface area contributed by atoms with Gasteiger partial charge in [0.15, 0.2) is 5.16 Å². The Morgan fingerprint density at radius 1 is 1.24 bits per heavy atom. The van der Waals surface area contributed by atoms with E-state index < -0.39 is 23.3 Å². The topological polar surface area (TPSA) is 118 Å². The first kappa shape index (κ1) is 18.4. The summed E-state index contributed by atoms with van der Waals surface area (Å²) in [5.74, 6) is -1.68. The van der Waals surface area contributed by atoms with Crippen molar-refractivity contribution in [3.8, 4) is 0 Å². The smallest absolute Gasteiger partial charge is 0.311 e. The summed E-state index contributed by atoms with van der Waals surface area (Å²) in [6.07, 6.45) is -0.146. The number of H-pyrrole nitrogens is 1. The van der Waals surface area contributed by atoms with Crippen molar-refractivity contribution in [2.45, 2.75) is 11.6 Å². The molecule has 1 aromatic carbocycles. The first-order chi connectivity index (χ1) is 12.0. The summed E-state index contributed by atoms with van der Waals surface area (Å²) in [5, 5.41) is 2.42. The van der Waals surface area contributed by atoms with Crippen LogP contribution in [0.1, 0.15) is 16.1 Å². The summed E-state index contributed by atoms with van der Waals surface area (Å²) in [4.78, 5) is 53.1. The second-order valence-electron chi connectivity index (χ2n) is 4.83. The number of methoxy groups -OCH3 is 1. The number of aromatic amines is 1. The Balaban J connectivity index is 1.94. The van der Waals surface area contributed by atoms with E-state index in [1.165, 1.54) is 13.2 Å². The SMILES string of the molecule is COC(=O)Cc1cc(=O)[nH]c(SCC(=O)NC(=O)c2ccccc2)n1. The van der Waals surface area contributed by atoms with Crippen molar-refractivity contribution in [1.29, 1.82) is 0 Å². The van der Waals surface area contributed by atoms with E-state index in [1.54, 1.807) is 30.3 Å². The molecule has 2 N–H and O–H groups in total. The largest absolute Gasteiger partial charge is 0.469 e. The average molecular weight is 361 g/mol. The van der Waals surface area contributed by atoms with Gasteiger partial charge >= 0.3 is 5.97 Å². The van der Waals surface area contributed by atoms with E-state index in [0.717, 1.165) is 11.8 Å². The number of benzene rings is 1. The molecule has 0 saturated carbocycles. The number of nitrogens with zero attached hydrogens (tertiary/aromatic N) is 1. The number of carbonyl (C=O) groups is 3. The minimum absolute atomic E-state index is 0.122. The van der Waals surface area contributed by atoms with Crippen LogP contribution in [0.2, 0.25) is 0 Å². The zero-order chi connectivity index (χ0) is 18.2. The van der Waals surface area contributed by atoms with Crippen LogP contribution in [0.4, 0.5) is 0 Å². The molecule has 2 rings (SSSR count). The highest BCUT2D eigenvalue weighted by Crippen LogP contribution is 2.11. The number of ether oxygens (including phenoxy) is 1. The van der Waals surface area contributed by atoms with Crippen molar-refractivity contribution in [3.05, 3.63) is 58.0 Å². The van der Waals surface area contributed by atoms with Gasteiger partial charge in [0.25, 0.3) is 11.5 Å². The van der Waals surface area contributed by atoms with Crippen LogP contribution in [0.25, 0.3) is 0 Å². The van der Waals surface area contributed by atoms with E-state index in [0.29, 0.717) is 5.56 Å². The van der Waals surface area contributed by atoms with E-state index in [2.05, 4.69) is 20.0 Å². The molecule has 0 radical (unpaired) electrons. The van der Waals surface area contributed by atoms with Crippen LogP contribution >= 0.6 is 11.8 Å². The van der Waals surface area contributed by atoms with Gasteiger partial charge in [-0.2, -0.15) is 0 Å². The molecule has 0 aliphatic heterocycles. The Morgan fingerprint density at radius 3 is 2.64 bits per heavy atom. The highest BCUT2D eigenvalue weighted by molar-refractivity contribution is 7.99. The zero-order valence-corrected chi connectivity index (χ0v) is 14.1. The fourth-order valence-corrected chi connectivity index (χ4v) is 2.52. The lowest BCUT2D eigenvalue weighted by Gasteiger charge is -2.05. The van der Waals surface area contributed by atoms with Crippen LogP contribution in [0.5, 0.6) is 0 Å². The first-order valence-electron chi connectivity index (χ1n) is 7.17. The predicted molar refractivity (Wildman–Crippen MR) is 90.2 cm³/mol. The van der Waals surface area contributed by atoms with Gasteiger partial charge in [-0.1, -0.05) is 30.0 Å². The monoisotopic (exact) mass is 361 g/mol. The average Bonchev–Trinajstić information content (AvgIpc) is 2.60. The van der Waals surface area contributed by atoms with E-state index in [-0.39, 0.29) is 23.0 Å². The van der Waals surface area contributed by atoms with Gasteiger partial charge in [0.2, 0.25) is 5.91 Å². The Kier molecular flexibility index (Phi) is 6.47. The molecule has 0 spiro atoms. The fraction of sp³-hybridized carbons (Fsp3) is 0.188. The Hall–Kier alpha value is -2.94. The van der Waals surface area contributed by atoms with Crippen LogP contribution < -0.4 is 10.9 Å². The van der Waals surface area contributed by atoms with Crippen molar-refractivity contribution in [1.82, 2.24) is 15.3 Å². The standard InChI is InChI=1S/C16H15N3O5S/c1-24-14(22)8-11-7-12(20)19-16(17-11)25-9-13(21)18-15(23)10-5-3-2-4-6-10/h2-7H,8-9H2,1H3,(H,17,19,20)(H,18,21,23). The number of rotatable bonds is 6. The molecule has 8 nitrogen and oxygen atoms in total. The van der Waals surface area contributed by atoms with Gasteiger partial charge in [-0.05, 0) is 12.1 Å². The Labute approximate surface area is 147 Å². The number of hydrogen-bond donors (Lipinski definition) is 2. The molecule has 1 heterocycles. The number of amides is 2. The van der Waals surface area contributed by atoms with Gasteiger partial charge in [-0.15, -0.1) is 0 Å². The van der Waals surface area contributed by atoms with E-state index in [1.807, 2.05) is 0 Å². The lowest BCUT2D eigenvalue weighted by molar-refractivity contribution is -0.139. The van der Waals surface area contributed by atoms with Crippen molar-refractivity contribution in [2.75, 3.05) is 12.9 Å². The highest BCUT2D eigenvalue weighted by atomic mass is 32.2. The van der Waals surface area contributed by atoms with Crippen LogP contribution in [0.15, 0.2) is 46.3 Å². The fourth-order valence-electron chi connectivity index (χ4n) is 1.82. The summed E-state index contributed by atoms with van der Waals surface area (Å²) in [6.45, 7) is 0. The quantitative estimate of drug-likeness (QED) is 0.438. The number of imide groups is 1. The maximum absolute atomic E-state index is 11.9. The van der Waals surface area contributed by atoms with Crippen molar-refractivity contribution in [3.63, 3.8) is 0 Å². The van der Waals surface area contributed by atoms with E-state index in [4.69, 9.17) is 0 Å². The first-order valence-corrected chi connectivity index (χ1v) is 8.15. The van der Waals surface area contributed by atoms with E-state index >= 15 is 0 Å². The number of thioether (sulfide) groups is 1. The number of hydrogen-bond acceptors (Lipinski definition) is 7. The Morgan fingerprint density at radius 2 is 1.96 bits per heavy atom. The number of carbonyl (C=O) groups excluding carboxylic acids is 3.